The summed E-state index contributed by atoms with van der Waals surface area (Å²) in [5.41, 5.74) is -0.805. The number of nitrogens with zero attached hydrogens (tertiary/aromatic N) is 5. The lowest BCUT2D eigenvalue weighted by Crippen LogP contribution is -2.47. The topological polar surface area (TPSA) is 89.2 Å². The number of halogens is 3. The quantitative estimate of drug-likeness (QED) is 0.459. The van der Waals surface area contributed by atoms with Gasteiger partial charge in [-0.15, -0.1) is 0 Å². The third-order valence-corrected chi connectivity index (χ3v) is 4.08. The zero-order valence-electron chi connectivity index (χ0n) is 14.7. The molecule has 2 N–H and O–H groups in total. The van der Waals surface area contributed by atoms with Crippen molar-refractivity contribution in [2.75, 3.05) is 20.2 Å². The smallest absolute Gasteiger partial charge is 0.417 e. The molecule has 0 spiro atoms. The number of nitrogens with one attached hydrogen (secondary N) is 2. The van der Waals surface area contributed by atoms with Gasteiger partial charge in [0, 0.05) is 31.8 Å². The summed E-state index contributed by atoms with van der Waals surface area (Å²) in [7, 11) is 1.66. The van der Waals surface area contributed by atoms with E-state index in [-0.39, 0.29) is 18.5 Å². The maximum Gasteiger partial charge on any atom is 0.417 e. The van der Waals surface area contributed by atoms with Gasteiger partial charge < -0.3 is 15.4 Å². The molecular weight excluding hydrogens is 363 g/mol. The van der Waals surface area contributed by atoms with Crippen LogP contribution in [0.25, 0.3) is 0 Å². The van der Waals surface area contributed by atoms with Crippen LogP contribution in [0, 0.1) is 0 Å². The molecule has 0 fully saturated rings. The first kappa shape index (κ1) is 18.9. The van der Waals surface area contributed by atoms with Crippen molar-refractivity contribution in [1.82, 2.24) is 30.4 Å². The summed E-state index contributed by atoms with van der Waals surface area (Å²) >= 11 is 0. The van der Waals surface area contributed by atoms with E-state index < -0.39 is 11.7 Å². The highest BCUT2D eigenvalue weighted by atomic mass is 19.4. The van der Waals surface area contributed by atoms with E-state index in [1.54, 1.807) is 13.4 Å². The van der Waals surface area contributed by atoms with Gasteiger partial charge in [-0.25, -0.2) is 14.6 Å². The summed E-state index contributed by atoms with van der Waals surface area (Å²) in [4.78, 5) is 12.0. The van der Waals surface area contributed by atoms with Gasteiger partial charge in [-0.1, -0.05) is 0 Å². The van der Waals surface area contributed by atoms with Crippen LogP contribution in [0.5, 0.6) is 5.88 Å². The minimum Gasteiger partial charge on any atom is -0.476 e. The molecule has 146 valence electrons. The van der Waals surface area contributed by atoms with Crippen LogP contribution in [0.4, 0.5) is 13.2 Å². The zero-order valence-corrected chi connectivity index (χ0v) is 14.7. The molecule has 0 bridgehead atoms. The highest BCUT2D eigenvalue weighted by Crippen LogP contribution is 2.29. The third-order valence-electron chi connectivity index (χ3n) is 4.08. The molecule has 0 amide bonds. The number of rotatable bonds is 5. The summed E-state index contributed by atoms with van der Waals surface area (Å²) in [6, 6.07) is 2.33. The number of hydrogen-bond acceptors (Lipinski definition) is 5. The van der Waals surface area contributed by atoms with Crippen LogP contribution in [0.15, 0.2) is 29.6 Å². The number of aryl methyl sites for hydroxylation is 1. The Morgan fingerprint density at radius 3 is 2.93 bits per heavy atom. The van der Waals surface area contributed by atoms with E-state index in [9.17, 15) is 13.2 Å². The Labute approximate surface area is 153 Å². The number of guanidine groups is 1. The lowest BCUT2D eigenvalue weighted by Gasteiger charge is -2.25. The SMILES string of the molecule is CN=C(NCCOc1ccc(C(F)(F)F)cn1)NC1CCc2ncnn2C1. The van der Waals surface area contributed by atoms with Crippen molar-refractivity contribution in [2.45, 2.75) is 31.6 Å². The van der Waals surface area contributed by atoms with Crippen LogP contribution in [0.1, 0.15) is 17.8 Å². The monoisotopic (exact) mass is 383 g/mol. The molecule has 1 atom stereocenters. The van der Waals surface area contributed by atoms with Gasteiger partial charge in [0.05, 0.1) is 18.7 Å². The van der Waals surface area contributed by atoms with Crippen LogP contribution in [-0.2, 0) is 19.1 Å². The number of pyridine rings is 1. The largest absolute Gasteiger partial charge is 0.476 e. The second kappa shape index (κ2) is 8.23. The number of ether oxygens (including phenoxy) is 1. The molecule has 8 nitrogen and oxygen atoms in total. The van der Waals surface area contributed by atoms with Gasteiger partial charge in [-0.3, -0.25) is 4.99 Å². The maximum absolute atomic E-state index is 12.5. The van der Waals surface area contributed by atoms with Crippen molar-refractivity contribution in [1.29, 1.82) is 0 Å². The van der Waals surface area contributed by atoms with Gasteiger partial charge in [0.15, 0.2) is 5.96 Å². The molecule has 3 heterocycles. The van der Waals surface area contributed by atoms with Gasteiger partial charge in [-0.05, 0) is 12.5 Å². The number of aliphatic imine (C=N–C) groups is 1. The zero-order chi connectivity index (χ0) is 19.3. The summed E-state index contributed by atoms with van der Waals surface area (Å²) < 4.78 is 44.7. The lowest BCUT2D eigenvalue weighted by molar-refractivity contribution is -0.137. The second-order valence-corrected chi connectivity index (χ2v) is 5.97. The number of fused-ring (bicyclic) bond motifs is 1. The fraction of sp³-hybridized carbons (Fsp3) is 0.500. The van der Waals surface area contributed by atoms with E-state index in [4.69, 9.17) is 4.74 Å². The average molecular weight is 383 g/mol. The Hall–Kier alpha value is -2.85. The minimum absolute atomic E-state index is 0.138. The first-order chi connectivity index (χ1) is 13.0. The highest BCUT2D eigenvalue weighted by molar-refractivity contribution is 5.79. The van der Waals surface area contributed by atoms with E-state index >= 15 is 0 Å². The summed E-state index contributed by atoms with van der Waals surface area (Å²) in [5.74, 6) is 1.74. The Kier molecular flexibility index (Phi) is 5.77. The fourth-order valence-electron chi connectivity index (χ4n) is 2.70. The van der Waals surface area contributed by atoms with E-state index in [0.717, 1.165) is 30.9 Å². The summed E-state index contributed by atoms with van der Waals surface area (Å²) in [6.07, 6.45) is -0.331. The first-order valence-corrected chi connectivity index (χ1v) is 8.45. The number of hydrogen-bond donors (Lipinski definition) is 2. The van der Waals surface area contributed by atoms with Gasteiger partial charge in [-0.2, -0.15) is 18.3 Å². The highest BCUT2D eigenvalue weighted by Gasteiger charge is 2.30. The van der Waals surface area contributed by atoms with Gasteiger partial charge in [0.2, 0.25) is 5.88 Å². The Morgan fingerprint density at radius 2 is 2.22 bits per heavy atom. The molecule has 0 saturated heterocycles. The van der Waals surface area contributed by atoms with Crippen LogP contribution in [0.2, 0.25) is 0 Å². The number of aromatic nitrogens is 4. The first-order valence-electron chi connectivity index (χ1n) is 8.45. The van der Waals surface area contributed by atoms with Crippen molar-refractivity contribution in [2.24, 2.45) is 4.99 Å². The molecular formula is C16H20F3N7O. The Bertz CT molecular complexity index is 773. The van der Waals surface area contributed by atoms with E-state index in [1.165, 1.54) is 6.07 Å². The van der Waals surface area contributed by atoms with Crippen LogP contribution >= 0.6 is 0 Å². The molecule has 27 heavy (non-hydrogen) atoms. The van der Waals surface area contributed by atoms with Crippen molar-refractivity contribution < 1.29 is 17.9 Å². The molecule has 0 saturated carbocycles. The molecule has 1 aliphatic rings. The van der Waals surface area contributed by atoms with Gasteiger partial charge in [0.1, 0.15) is 18.8 Å². The normalized spacial score (nSPS) is 17.3. The van der Waals surface area contributed by atoms with E-state index in [2.05, 4.69) is 30.7 Å². The van der Waals surface area contributed by atoms with Crippen molar-refractivity contribution in [3.63, 3.8) is 0 Å². The van der Waals surface area contributed by atoms with Crippen molar-refractivity contribution in [3.8, 4) is 5.88 Å². The third kappa shape index (κ3) is 5.08. The van der Waals surface area contributed by atoms with Gasteiger partial charge >= 0.3 is 6.18 Å². The summed E-state index contributed by atoms with van der Waals surface area (Å²) in [5, 5.41) is 10.6. The summed E-state index contributed by atoms with van der Waals surface area (Å²) in [6.45, 7) is 1.36. The average Bonchev–Trinajstić information content (AvgIpc) is 3.11. The fourth-order valence-corrected chi connectivity index (χ4v) is 2.70. The number of alkyl halides is 3. The molecule has 0 radical (unpaired) electrons. The van der Waals surface area contributed by atoms with E-state index in [1.807, 2.05) is 4.68 Å². The molecule has 2 aromatic heterocycles. The lowest BCUT2D eigenvalue weighted by atomic mass is 10.1. The molecule has 2 aromatic rings. The molecule has 1 unspecified atom stereocenters. The minimum atomic E-state index is -4.41. The van der Waals surface area contributed by atoms with Crippen molar-refractivity contribution in [3.05, 3.63) is 36.0 Å². The molecule has 0 aromatic carbocycles. The molecule has 1 aliphatic heterocycles. The van der Waals surface area contributed by atoms with Crippen LogP contribution < -0.4 is 15.4 Å². The van der Waals surface area contributed by atoms with Crippen LogP contribution in [0.3, 0.4) is 0 Å². The predicted octanol–water partition coefficient (Wildman–Crippen LogP) is 1.25. The molecule has 3 rings (SSSR count). The van der Waals surface area contributed by atoms with Gasteiger partial charge in [0.25, 0.3) is 0 Å². The maximum atomic E-state index is 12.5. The molecule has 11 heteroatoms. The molecule has 0 aliphatic carbocycles. The van der Waals surface area contributed by atoms with E-state index in [0.29, 0.717) is 19.0 Å². The Morgan fingerprint density at radius 1 is 1.37 bits per heavy atom. The standard InChI is InChI=1S/C16H20F3N7O/c1-20-15(25-12-3-4-13-23-10-24-26(13)9-12)21-6-7-27-14-5-2-11(8-22-14)16(17,18)19/h2,5,8,10,12H,3-4,6-7,9H2,1H3,(H2,20,21,25). The second-order valence-electron chi connectivity index (χ2n) is 5.97. The Balaban J connectivity index is 1.40. The van der Waals surface area contributed by atoms with Crippen LogP contribution in [-0.4, -0.2) is 51.9 Å². The van der Waals surface area contributed by atoms with Crippen molar-refractivity contribution >= 4 is 5.96 Å². The predicted molar refractivity (Wildman–Crippen MR) is 91.4 cm³/mol.